The number of benzene rings is 1. The molecular formula is C21H30N2O6S. The van der Waals surface area contributed by atoms with Gasteiger partial charge in [-0.15, -0.1) is 0 Å². The largest absolute Gasteiger partial charge is 0.497 e. The van der Waals surface area contributed by atoms with Crippen molar-refractivity contribution in [3.05, 3.63) is 18.2 Å². The van der Waals surface area contributed by atoms with Crippen LogP contribution >= 0.6 is 0 Å². The van der Waals surface area contributed by atoms with Crippen molar-refractivity contribution in [2.75, 3.05) is 33.9 Å². The van der Waals surface area contributed by atoms with Crippen LogP contribution in [0.2, 0.25) is 0 Å². The fraction of sp³-hybridized carbons (Fsp3) is 0.667. The Kier molecular flexibility index (Phi) is 5.48. The molecule has 3 fully saturated rings. The van der Waals surface area contributed by atoms with E-state index in [1.165, 1.54) is 24.6 Å². The van der Waals surface area contributed by atoms with Gasteiger partial charge in [-0.3, -0.25) is 4.79 Å². The smallest absolute Gasteiger partial charge is 0.246 e. The molecule has 1 saturated carbocycles. The second-order valence-electron chi connectivity index (χ2n) is 8.44. The molecule has 1 aromatic rings. The van der Waals surface area contributed by atoms with E-state index in [2.05, 4.69) is 0 Å². The number of amides is 1. The molecule has 0 unspecified atom stereocenters. The molecule has 2 saturated heterocycles. The van der Waals surface area contributed by atoms with Crippen LogP contribution in [0.4, 0.5) is 0 Å². The minimum Gasteiger partial charge on any atom is -0.497 e. The highest BCUT2D eigenvalue weighted by Gasteiger charge is 2.59. The van der Waals surface area contributed by atoms with Gasteiger partial charge in [0, 0.05) is 38.9 Å². The number of methoxy groups -OCH3 is 2. The van der Waals surface area contributed by atoms with Gasteiger partial charge in [-0.1, -0.05) is 12.8 Å². The summed E-state index contributed by atoms with van der Waals surface area (Å²) in [6.45, 7) is 2.70. The zero-order valence-corrected chi connectivity index (χ0v) is 18.7. The van der Waals surface area contributed by atoms with Gasteiger partial charge in [0.1, 0.15) is 22.1 Å². The topological polar surface area (TPSA) is 85.4 Å². The Hall–Kier alpha value is -1.84. The minimum atomic E-state index is -3.78. The van der Waals surface area contributed by atoms with E-state index in [1.807, 2.05) is 4.90 Å². The summed E-state index contributed by atoms with van der Waals surface area (Å²) in [5, 5.41) is 0. The summed E-state index contributed by atoms with van der Waals surface area (Å²) in [6, 6.07) is 4.75. The predicted octanol–water partition coefficient (Wildman–Crippen LogP) is 2.38. The number of ether oxygens (including phenoxy) is 3. The van der Waals surface area contributed by atoms with Gasteiger partial charge >= 0.3 is 0 Å². The van der Waals surface area contributed by atoms with E-state index in [0.717, 1.165) is 25.7 Å². The number of piperidine rings is 1. The van der Waals surface area contributed by atoms with Crippen molar-refractivity contribution >= 4 is 15.9 Å². The predicted molar refractivity (Wildman–Crippen MR) is 110 cm³/mol. The fourth-order valence-corrected chi connectivity index (χ4v) is 7.03. The van der Waals surface area contributed by atoms with Crippen molar-refractivity contribution in [3.8, 4) is 11.5 Å². The molecule has 0 N–H and O–H groups in total. The van der Waals surface area contributed by atoms with E-state index < -0.39 is 15.7 Å². The van der Waals surface area contributed by atoms with Crippen molar-refractivity contribution in [1.29, 1.82) is 0 Å². The zero-order chi connectivity index (χ0) is 21.6. The molecule has 2 aliphatic heterocycles. The first-order valence-electron chi connectivity index (χ1n) is 10.5. The first-order chi connectivity index (χ1) is 14.3. The van der Waals surface area contributed by atoms with Crippen LogP contribution in [0.25, 0.3) is 0 Å². The van der Waals surface area contributed by atoms with Crippen LogP contribution in [-0.4, -0.2) is 68.7 Å². The van der Waals surface area contributed by atoms with E-state index in [0.29, 0.717) is 25.2 Å². The summed E-state index contributed by atoms with van der Waals surface area (Å²) < 4.78 is 45.0. The van der Waals surface area contributed by atoms with Gasteiger partial charge in [-0.2, -0.15) is 4.31 Å². The van der Waals surface area contributed by atoms with Crippen LogP contribution in [0.3, 0.4) is 0 Å². The normalized spacial score (nSPS) is 23.2. The Morgan fingerprint density at radius 1 is 1.07 bits per heavy atom. The molecule has 1 amide bonds. The highest BCUT2D eigenvalue weighted by atomic mass is 32.2. The number of hydrogen-bond acceptors (Lipinski definition) is 6. The molecule has 1 aromatic carbocycles. The molecular weight excluding hydrogens is 408 g/mol. The van der Waals surface area contributed by atoms with Crippen LogP contribution in [0.5, 0.6) is 11.5 Å². The van der Waals surface area contributed by atoms with Crippen molar-refractivity contribution in [1.82, 2.24) is 9.21 Å². The Balaban J connectivity index is 1.58. The quantitative estimate of drug-likeness (QED) is 0.718. The number of carbonyl (C=O) groups excluding carboxylic acids is 1. The first-order valence-corrected chi connectivity index (χ1v) is 11.9. The monoisotopic (exact) mass is 438 g/mol. The number of hydrogen-bond donors (Lipinski definition) is 0. The van der Waals surface area contributed by atoms with Crippen molar-refractivity contribution in [3.63, 3.8) is 0 Å². The van der Waals surface area contributed by atoms with Gasteiger partial charge in [0.2, 0.25) is 15.9 Å². The highest BCUT2D eigenvalue weighted by Crippen LogP contribution is 2.49. The zero-order valence-electron chi connectivity index (χ0n) is 17.8. The van der Waals surface area contributed by atoms with Gasteiger partial charge in [0.15, 0.2) is 0 Å². The summed E-state index contributed by atoms with van der Waals surface area (Å²) in [5.74, 6) is 0.747. The number of nitrogens with zero attached hydrogens (tertiary/aromatic N) is 2. The second-order valence-corrected chi connectivity index (χ2v) is 10.3. The number of rotatable bonds is 4. The summed E-state index contributed by atoms with van der Waals surface area (Å²) in [7, 11) is -0.835. The van der Waals surface area contributed by atoms with Crippen LogP contribution in [0, 0.1) is 0 Å². The molecule has 2 heterocycles. The molecule has 0 aromatic heterocycles. The fourth-order valence-electron chi connectivity index (χ4n) is 5.42. The average Bonchev–Trinajstić information content (AvgIpc) is 3.33. The molecule has 9 heteroatoms. The first kappa shape index (κ1) is 21.4. The van der Waals surface area contributed by atoms with E-state index in [4.69, 9.17) is 14.2 Å². The highest BCUT2D eigenvalue weighted by molar-refractivity contribution is 7.89. The molecule has 8 nitrogen and oxygen atoms in total. The van der Waals surface area contributed by atoms with E-state index in [-0.39, 0.29) is 35.2 Å². The molecule has 0 atom stereocenters. The van der Waals surface area contributed by atoms with E-state index in [9.17, 15) is 13.2 Å². The third kappa shape index (κ3) is 3.27. The lowest BCUT2D eigenvalue weighted by Gasteiger charge is -2.46. The lowest BCUT2D eigenvalue weighted by atomic mass is 9.92. The van der Waals surface area contributed by atoms with Crippen LogP contribution in [0.1, 0.15) is 45.4 Å². The van der Waals surface area contributed by atoms with E-state index in [1.54, 1.807) is 19.1 Å². The molecule has 0 radical (unpaired) electrons. The Bertz CT molecular complexity index is 917. The van der Waals surface area contributed by atoms with Gasteiger partial charge in [0.05, 0.1) is 26.4 Å². The molecule has 4 rings (SSSR count). The molecule has 0 bridgehead atoms. The SMILES string of the molecule is COc1ccc(OC)c(S(=O)(=O)N2CCC3(CC2)OCC2(CCCC2)N3C(C)=O)c1. The average molecular weight is 439 g/mol. The second kappa shape index (κ2) is 7.69. The number of sulfonamides is 1. The third-order valence-corrected chi connectivity index (χ3v) is 8.75. The van der Waals surface area contributed by atoms with Crippen molar-refractivity contribution < 1.29 is 27.4 Å². The molecule has 2 spiro atoms. The molecule has 3 aliphatic rings. The van der Waals surface area contributed by atoms with E-state index >= 15 is 0 Å². The molecule has 30 heavy (non-hydrogen) atoms. The molecule has 166 valence electrons. The van der Waals surface area contributed by atoms with Crippen molar-refractivity contribution in [2.45, 2.75) is 61.6 Å². The minimum absolute atomic E-state index is 0.0140. The summed E-state index contributed by atoms with van der Waals surface area (Å²) >= 11 is 0. The standard InChI is InChI=1S/C21H30N2O6S/c1-16(24)23-20(8-4-5-9-20)15-29-21(23)10-12-22(13-11-21)30(25,26)19-14-17(27-2)6-7-18(19)28-3/h6-7,14H,4-5,8-13,15H2,1-3H3. The van der Waals surface area contributed by atoms with Crippen LogP contribution < -0.4 is 9.47 Å². The summed E-state index contributed by atoms with van der Waals surface area (Å²) in [5.41, 5.74) is -0.927. The Morgan fingerprint density at radius 2 is 1.73 bits per heavy atom. The lowest BCUT2D eigenvalue weighted by molar-refractivity contribution is -0.159. The summed E-state index contributed by atoms with van der Waals surface area (Å²) in [4.78, 5) is 14.7. The van der Waals surface area contributed by atoms with Gasteiger partial charge < -0.3 is 19.1 Å². The van der Waals surface area contributed by atoms with Crippen LogP contribution in [0.15, 0.2) is 23.1 Å². The number of carbonyl (C=O) groups is 1. The summed E-state index contributed by atoms with van der Waals surface area (Å²) in [6.07, 6.45) is 5.02. The Labute approximate surface area is 178 Å². The van der Waals surface area contributed by atoms with Crippen molar-refractivity contribution in [2.24, 2.45) is 0 Å². The van der Waals surface area contributed by atoms with Gasteiger partial charge in [0.25, 0.3) is 0 Å². The maximum atomic E-state index is 13.4. The Morgan fingerprint density at radius 3 is 2.30 bits per heavy atom. The third-order valence-electron chi connectivity index (χ3n) is 6.83. The molecule has 1 aliphatic carbocycles. The maximum Gasteiger partial charge on any atom is 0.246 e. The van der Waals surface area contributed by atoms with Gasteiger partial charge in [-0.25, -0.2) is 8.42 Å². The van der Waals surface area contributed by atoms with Gasteiger partial charge in [-0.05, 0) is 25.0 Å². The maximum absolute atomic E-state index is 13.4. The lowest BCUT2D eigenvalue weighted by Crippen LogP contribution is -2.60. The van der Waals surface area contributed by atoms with Crippen LogP contribution in [-0.2, 0) is 19.6 Å².